The lowest BCUT2D eigenvalue weighted by atomic mass is 10.0. The van der Waals surface area contributed by atoms with Gasteiger partial charge in [0.05, 0.1) is 6.04 Å². The minimum atomic E-state index is -2.86. The van der Waals surface area contributed by atoms with Crippen LogP contribution in [0.4, 0.5) is 8.78 Å². The van der Waals surface area contributed by atoms with Crippen LogP contribution in [0.2, 0.25) is 0 Å². The van der Waals surface area contributed by atoms with Gasteiger partial charge in [-0.05, 0) is 23.6 Å². The van der Waals surface area contributed by atoms with Gasteiger partial charge in [0.1, 0.15) is 5.75 Å². The molecule has 0 saturated heterocycles. The van der Waals surface area contributed by atoms with E-state index in [0.29, 0.717) is 5.56 Å². The highest BCUT2D eigenvalue weighted by atomic mass is 19.3. The van der Waals surface area contributed by atoms with Crippen molar-refractivity contribution in [1.29, 1.82) is 0 Å². The molecule has 6 heteroatoms. The summed E-state index contributed by atoms with van der Waals surface area (Å²) in [7, 11) is 0. The van der Waals surface area contributed by atoms with Crippen molar-refractivity contribution < 1.29 is 18.3 Å². The lowest BCUT2D eigenvalue weighted by Crippen LogP contribution is -2.43. The number of rotatable bonds is 6. The molecule has 1 rings (SSSR count). The number of carbonyl (C=O) groups is 1. The van der Waals surface area contributed by atoms with Gasteiger partial charge in [0.15, 0.2) is 0 Å². The molecule has 0 aliphatic heterocycles. The van der Waals surface area contributed by atoms with Gasteiger partial charge in [0.25, 0.3) is 0 Å². The summed E-state index contributed by atoms with van der Waals surface area (Å²) < 4.78 is 28.4. The van der Waals surface area contributed by atoms with Crippen LogP contribution in [0.15, 0.2) is 24.3 Å². The normalized spacial score (nSPS) is 12.6. The third-order valence-electron chi connectivity index (χ3n) is 2.61. The first-order chi connectivity index (χ1) is 8.90. The molecule has 19 heavy (non-hydrogen) atoms. The highest BCUT2D eigenvalue weighted by molar-refractivity contribution is 5.81. The summed E-state index contributed by atoms with van der Waals surface area (Å²) in [6, 6.07) is 5.59. The topological polar surface area (TPSA) is 64.4 Å². The Balaban J connectivity index is 2.56. The number of carbonyl (C=O) groups excluding carboxylic acids is 1. The Labute approximate surface area is 110 Å². The van der Waals surface area contributed by atoms with Crippen molar-refractivity contribution in [1.82, 2.24) is 5.32 Å². The van der Waals surface area contributed by atoms with Gasteiger partial charge >= 0.3 is 6.61 Å². The Morgan fingerprint density at radius 3 is 2.68 bits per heavy atom. The summed E-state index contributed by atoms with van der Waals surface area (Å²) >= 11 is 0. The van der Waals surface area contributed by atoms with Crippen molar-refractivity contribution in [3.63, 3.8) is 0 Å². The average Bonchev–Trinajstić information content (AvgIpc) is 2.34. The van der Waals surface area contributed by atoms with Crippen LogP contribution in [0.1, 0.15) is 19.4 Å². The molecule has 0 saturated carbocycles. The van der Waals surface area contributed by atoms with Crippen LogP contribution in [-0.4, -0.2) is 18.6 Å². The second kappa shape index (κ2) is 7.04. The van der Waals surface area contributed by atoms with Crippen LogP contribution in [0.5, 0.6) is 5.75 Å². The summed E-state index contributed by atoms with van der Waals surface area (Å²) in [6.45, 7) is 1.06. The second-order valence-electron chi connectivity index (χ2n) is 4.51. The third-order valence-corrected chi connectivity index (χ3v) is 2.61. The lowest BCUT2D eigenvalue weighted by molar-refractivity contribution is -0.123. The molecule has 0 radical (unpaired) electrons. The molecule has 1 aromatic rings. The third kappa shape index (κ3) is 5.21. The smallest absolute Gasteiger partial charge is 0.387 e. The Morgan fingerprint density at radius 1 is 1.42 bits per heavy atom. The van der Waals surface area contributed by atoms with Crippen molar-refractivity contribution in [2.45, 2.75) is 33.0 Å². The van der Waals surface area contributed by atoms with E-state index in [1.165, 1.54) is 12.1 Å². The first kappa shape index (κ1) is 15.4. The zero-order valence-electron chi connectivity index (χ0n) is 10.9. The van der Waals surface area contributed by atoms with Gasteiger partial charge in [-0.2, -0.15) is 8.78 Å². The zero-order valence-corrected chi connectivity index (χ0v) is 10.9. The van der Waals surface area contributed by atoms with Crippen LogP contribution in [0.3, 0.4) is 0 Å². The predicted octanol–water partition coefficient (Wildman–Crippen LogP) is 1.89. The zero-order chi connectivity index (χ0) is 14.4. The molecule has 0 aromatic heterocycles. The monoisotopic (exact) mass is 272 g/mol. The van der Waals surface area contributed by atoms with Gasteiger partial charge in [0, 0.05) is 6.54 Å². The molecule has 0 bridgehead atoms. The Bertz CT molecular complexity index is 425. The standard InChI is InChI=1S/C13H18F2N2O2/c1-8(2)11(16)12(18)17-7-9-4-3-5-10(6-9)19-13(14)15/h3-6,8,11,13H,7,16H2,1-2H3,(H,17,18)/t11-/m0/s1. The lowest BCUT2D eigenvalue weighted by Gasteiger charge is -2.15. The first-order valence-electron chi connectivity index (χ1n) is 5.97. The minimum Gasteiger partial charge on any atom is -0.435 e. The van der Waals surface area contributed by atoms with Crippen LogP contribution in [-0.2, 0) is 11.3 Å². The fraction of sp³-hybridized carbons (Fsp3) is 0.462. The molecule has 0 fully saturated rings. The molecular weight excluding hydrogens is 254 g/mol. The van der Waals surface area contributed by atoms with E-state index >= 15 is 0 Å². The highest BCUT2D eigenvalue weighted by Gasteiger charge is 2.16. The number of halogens is 2. The van der Waals surface area contributed by atoms with Gasteiger partial charge in [-0.1, -0.05) is 26.0 Å². The number of benzene rings is 1. The molecule has 1 amide bonds. The summed E-state index contributed by atoms with van der Waals surface area (Å²) in [5.41, 5.74) is 6.35. The molecule has 1 aromatic carbocycles. The van der Waals surface area contributed by atoms with E-state index < -0.39 is 12.7 Å². The molecule has 1 atom stereocenters. The van der Waals surface area contributed by atoms with Crippen LogP contribution in [0.25, 0.3) is 0 Å². The van der Waals surface area contributed by atoms with Crippen molar-refractivity contribution in [2.75, 3.05) is 0 Å². The Morgan fingerprint density at radius 2 is 2.11 bits per heavy atom. The van der Waals surface area contributed by atoms with Crippen LogP contribution < -0.4 is 15.8 Å². The maximum absolute atomic E-state index is 12.1. The molecule has 0 aliphatic carbocycles. The molecule has 0 spiro atoms. The van der Waals surface area contributed by atoms with E-state index in [0.717, 1.165) is 0 Å². The van der Waals surface area contributed by atoms with Crippen molar-refractivity contribution in [3.8, 4) is 5.75 Å². The Kier molecular flexibility index (Phi) is 5.69. The number of nitrogens with two attached hydrogens (primary N) is 1. The van der Waals surface area contributed by atoms with E-state index in [1.807, 2.05) is 13.8 Å². The van der Waals surface area contributed by atoms with Gasteiger partial charge in [-0.15, -0.1) is 0 Å². The predicted molar refractivity (Wildman–Crippen MR) is 67.7 cm³/mol. The fourth-order valence-electron chi connectivity index (χ4n) is 1.44. The van der Waals surface area contributed by atoms with Crippen molar-refractivity contribution in [3.05, 3.63) is 29.8 Å². The first-order valence-corrected chi connectivity index (χ1v) is 5.97. The molecular formula is C13H18F2N2O2. The second-order valence-corrected chi connectivity index (χ2v) is 4.51. The van der Waals surface area contributed by atoms with E-state index in [9.17, 15) is 13.6 Å². The number of hydrogen-bond acceptors (Lipinski definition) is 3. The maximum atomic E-state index is 12.1. The number of amides is 1. The molecule has 0 unspecified atom stereocenters. The summed E-state index contributed by atoms with van der Waals surface area (Å²) in [5.74, 6) is -0.168. The van der Waals surface area contributed by atoms with Crippen LogP contribution >= 0.6 is 0 Å². The van der Waals surface area contributed by atoms with Crippen molar-refractivity contribution >= 4 is 5.91 Å². The van der Waals surface area contributed by atoms with E-state index in [4.69, 9.17) is 5.73 Å². The maximum Gasteiger partial charge on any atom is 0.387 e. The number of hydrogen-bond donors (Lipinski definition) is 2. The molecule has 106 valence electrons. The number of nitrogens with one attached hydrogen (secondary N) is 1. The summed E-state index contributed by atoms with van der Waals surface area (Å²) in [6.07, 6.45) is 0. The van der Waals surface area contributed by atoms with Gasteiger partial charge in [0.2, 0.25) is 5.91 Å². The van der Waals surface area contributed by atoms with Gasteiger partial charge < -0.3 is 15.8 Å². The average molecular weight is 272 g/mol. The number of alkyl halides is 2. The minimum absolute atomic E-state index is 0.0356. The highest BCUT2D eigenvalue weighted by Crippen LogP contribution is 2.15. The van der Waals surface area contributed by atoms with E-state index in [-0.39, 0.29) is 24.1 Å². The molecule has 0 heterocycles. The van der Waals surface area contributed by atoms with E-state index in [1.54, 1.807) is 12.1 Å². The Hall–Kier alpha value is -1.69. The fourth-order valence-corrected chi connectivity index (χ4v) is 1.44. The van der Waals surface area contributed by atoms with Gasteiger partial charge in [-0.3, -0.25) is 4.79 Å². The summed E-state index contributed by atoms with van der Waals surface area (Å²) in [4.78, 5) is 11.6. The summed E-state index contributed by atoms with van der Waals surface area (Å²) in [5, 5.41) is 2.65. The molecule has 0 aliphatic rings. The van der Waals surface area contributed by atoms with Gasteiger partial charge in [-0.25, -0.2) is 0 Å². The SMILES string of the molecule is CC(C)[C@H](N)C(=O)NCc1cccc(OC(F)F)c1. The molecule has 4 nitrogen and oxygen atoms in total. The largest absolute Gasteiger partial charge is 0.435 e. The van der Waals surface area contributed by atoms with E-state index in [2.05, 4.69) is 10.1 Å². The molecule has 3 N–H and O–H groups in total. The quantitative estimate of drug-likeness (QED) is 0.831. The van der Waals surface area contributed by atoms with Crippen molar-refractivity contribution in [2.24, 2.45) is 11.7 Å². The van der Waals surface area contributed by atoms with Crippen LogP contribution in [0, 0.1) is 5.92 Å². The number of ether oxygens (including phenoxy) is 1.